The van der Waals surface area contributed by atoms with E-state index in [0.29, 0.717) is 17.9 Å². The minimum absolute atomic E-state index is 0.00172. The first kappa shape index (κ1) is 23.4. The van der Waals surface area contributed by atoms with Crippen LogP contribution in [0.5, 0.6) is 0 Å². The van der Waals surface area contributed by atoms with E-state index in [4.69, 9.17) is 0 Å². The summed E-state index contributed by atoms with van der Waals surface area (Å²) in [7, 11) is 0. The summed E-state index contributed by atoms with van der Waals surface area (Å²) >= 11 is 0. The minimum Gasteiger partial charge on any atom is -0.322 e. The highest BCUT2D eigenvalue weighted by atomic mass is 16.2. The normalized spacial score (nSPS) is 14.0. The average Bonchev–Trinajstić information content (AvgIpc) is 3.07. The van der Waals surface area contributed by atoms with Crippen LogP contribution < -0.4 is 10.2 Å². The number of fused-ring (bicyclic) bond motifs is 1. The van der Waals surface area contributed by atoms with Gasteiger partial charge in [-0.05, 0) is 80.3 Å². The fourth-order valence-corrected chi connectivity index (χ4v) is 4.80. The van der Waals surface area contributed by atoms with Crippen molar-refractivity contribution < 1.29 is 9.59 Å². The Morgan fingerprint density at radius 3 is 2.39 bits per heavy atom. The standard InChI is InChI=1S/C30H28N4O2/c1-19-9-13-22(14-10-19)33-28(35)24-17-21(12-11-20(24)2)23-7-5-8-25-27(23)30(3,4)29(36)34(25)18-26-31-15-6-16-32-26/h5-17H,18H2,1-4H3,(H,33,35). The predicted octanol–water partition coefficient (Wildman–Crippen LogP) is 5.84. The van der Waals surface area contributed by atoms with Crippen LogP contribution >= 0.6 is 0 Å². The van der Waals surface area contributed by atoms with E-state index >= 15 is 0 Å². The Kier molecular flexibility index (Phi) is 5.88. The van der Waals surface area contributed by atoms with Gasteiger partial charge in [0.05, 0.1) is 12.0 Å². The number of aryl methyl sites for hydroxylation is 2. The van der Waals surface area contributed by atoms with Crippen molar-refractivity contribution in [1.29, 1.82) is 0 Å². The van der Waals surface area contributed by atoms with Crippen molar-refractivity contribution in [1.82, 2.24) is 9.97 Å². The van der Waals surface area contributed by atoms with Crippen LogP contribution in [0.3, 0.4) is 0 Å². The van der Waals surface area contributed by atoms with Gasteiger partial charge in [-0.2, -0.15) is 0 Å². The average molecular weight is 477 g/mol. The van der Waals surface area contributed by atoms with Crippen LogP contribution in [0.2, 0.25) is 0 Å². The van der Waals surface area contributed by atoms with E-state index in [1.807, 2.05) is 88.4 Å². The Morgan fingerprint density at radius 1 is 0.944 bits per heavy atom. The largest absolute Gasteiger partial charge is 0.322 e. The van der Waals surface area contributed by atoms with Crippen LogP contribution in [0.4, 0.5) is 11.4 Å². The van der Waals surface area contributed by atoms with Crippen LogP contribution in [0, 0.1) is 13.8 Å². The third-order valence-electron chi connectivity index (χ3n) is 6.76. The van der Waals surface area contributed by atoms with Gasteiger partial charge in [0.1, 0.15) is 5.82 Å². The molecule has 0 saturated carbocycles. The van der Waals surface area contributed by atoms with Gasteiger partial charge >= 0.3 is 0 Å². The first-order chi connectivity index (χ1) is 17.3. The fraction of sp³-hybridized carbons (Fsp3) is 0.200. The van der Waals surface area contributed by atoms with E-state index in [2.05, 4.69) is 15.3 Å². The van der Waals surface area contributed by atoms with Crippen molar-refractivity contribution in [2.24, 2.45) is 0 Å². The van der Waals surface area contributed by atoms with Crippen molar-refractivity contribution in [2.75, 3.05) is 10.2 Å². The third kappa shape index (κ3) is 4.15. The zero-order valence-corrected chi connectivity index (χ0v) is 20.9. The first-order valence-electron chi connectivity index (χ1n) is 12.0. The molecule has 4 aromatic rings. The zero-order valence-electron chi connectivity index (χ0n) is 20.9. The molecule has 0 saturated heterocycles. The number of anilines is 2. The van der Waals surface area contributed by atoms with Gasteiger partial charge in [-0.1, -0.05) is 42.0 Å². The summed E-state index contributed by atoms with van der Waals surface area (Å²) in [5, 5.41) is 3.00. The Balaban J connectivity index is 1.54. The van der Waals surface area contributed by atoms with Gasteiger partial charge in [-0.3, -0.25) is 9.59 Å². The van der Waals surface area contributed by atoms with Crippen molar-refractivity contribution in [2.45, 2.75) is 39.7 Å². The van der Waals surface area contributed by atoms with Crippen LogP contribution in [-0.2, 0) is 16.8 Å². The molecule has 1 aliphatic rings. The lowest BCUT2D eigenvalue weighted by Crippen LogP contribution is -2.36. The second-order valence-corrected chi connectivity index (χ2v) is 9.73. The van der Waals surface area contributed by atoms with E-state index in [1.54, 1.807) is 23.4 Å². The summed E-state index contributed by atoms with van der Waals surface area (Å²) < 4.78 is 0. The molecular formula is C30H28N4O2. The van der Waals surface area contributed by atoms with E-state index in [-0.39, 0.29) is 11.8 Å². The quantitative estimate of drug-likeness (QED) is 0.393. The number of hydrogen-bond acceptors (Lipinski definition) is 4. The lowest BCUT2D eigenvalue weighted by Gasteiger charge is -2.20. The lowest BCUT2D eigenvalue weighted by molar-refractivity contribution is -0.122. The molecule has 180 valence electrons. The van der Waals surface area contributed by atoms with Gasteiger partial charge in [-0.25, -0.2) is 9.97 Å². The van der Waals surface area contributed by atoms with Gasteiger partial charge in [0.2, 0.25) is 5.91 Å². The number of benzene rings is 3. The number of carbonyl (C=O) groups is 2. The summed E-state index contributed by atoms with van der Waals surface area (Å²) in [5.41, 5.74) is 6.25. The van der Waals surface area contributed by atoms with Gasteiger partial charge in [0, 0.05) is 29.3 Å². The van der Waals surface area contributed by atoms with Gasteiger partial charge in [0.25, 0.3) is 5.91 Å². The minimum atomic E-state index is -0.740. The Bertz CT molecular complexity index is 1460. The van der Waals surface area contributed by atoms with Crippen LogP contribution in [0.1, 0.15) is 46.7 Å². The summed E-state index contributed by atoms with van der Waals surface area (Å²) in [5.74, 6) is 0.427. The maximum Gasteiger partial charge on any atom is 0.255 e. The molecule has 1 N–H and O–H groups in total. The summed E-state index contributed by atoms with van der Waals surface area (Å²) in [6.07, 6.45) is 3.36. The smallest absolute Gasteiger partial charge is 0.255 e. The number of carbonyl (C=O) groups excluding carboxylic acids is 2. The third-order valence-corrected chi connectivity index (χ3v) is 6.76. The molecule has 1 aromatic heterocycles. The summed E-state index contributed by atoms with van der Waals surface area (Å²) in [4.78, 5) is 37.1. The van der Waals surface area contributed by atoms with Crippen molar-refractivity contribution in [3.63, 3.8) is 0 Å². The molecule has 6 heteroatoms. The van der Waals surface area contributed by atoms with E-state index in [0.717, 1.165) is 39.2 Å². The molecular weight excluding hydrogens is 448 g/mol. The molecule has 6 nitrogen and oxygen atoms in total. The molecule has 2 amide bonds. The van der Waals surface area contributed by atoms with E-state index in [9.17, 15) is 9.59 Å². The molecule has 0 fully saturated rings. The Hall–Kier alpha value is -4.32. The summed E-state index contributed by atoms with van der Waals surface area (Å²) in [6, 6.07) is 21.3. The number of rotatable bonds is 5. The molecule has 0 bridgehead atoms. The molecule has 0 unspecified atom stereocenters. The van der Waals surface area contributed by atoms with Crippen molar-refractivity contribution in [3.05, 3.63) is 107 Å². The Labute approximate surface area is 211 Å². The predicted molar refractivity (Wildman–Crippen MR) is 142 cm³/mol. The molecule has 0 aliphatic carbocycles. The number of hydrogen-bond donors (Lipinski definition) is 1. The number of nitrogens with one attached hydrogen (secondary N) is 1. The van der Waals surface area contributed by atoms with Crippen LogP contribution in [0.15, 0.2) is 79.1 Å². The fourth-order valence-electron chi connectivity index (χ4n) is 4.80. The molecule has 5 rings (SSSR count). The zero-order chi connectivity index (χ0) is 25.4. The number of aromatic nitrogens is 2. The summed E-state index contributed by atoms with van der Waals surface area (Å²) in [6.45, 7) is 8.14. The van der Waals surface area contributed by atoms with Gasteiger partial charge in [-0.15, -0.1) is 0 Å². The van der Waals surface area contributed by atoms with Crippen LogP contribution in [0.25, 0.3) is 11.1 Å². The highest BCUT2D eigenvalue weighted by Crippen LogP contribution is 2.47. The molecule has 0 spiro atoms. The van der Waals surface area contributed by atoms with E-state index in [1.165, 1.54) is 0 Å². The first-order valence-corrected chi connectivity index (χ1v) is 12.0. The SMILES string of the molecule is Cc1ccc(NC(=O)c2cc(-c3cccc4c3C(C)(C)C(=O)N4Cc3ncccn3)ccc2C)cc1. The molecule has 36 heavy (non-hydrogen) atoms. The monoisotopic (exact) mass is 476 g/mol. The van der Waals surface area contributed by atoms with Gasteiger partial charge in [0.15, 0.2) is 0 Å². The second kappa shape index (κ2) is 9.04. The number of nitrogens with zero attached hydrogens (tertiary/aromatic N) is 3. The second-order valence-electron chi connectivity index (χ2n) is 9.73. The maximum atomic E-state index is 13.5. The van der Waals surface area contributed by atoms with Gasteiger partial charge < -0.3 is 10.2 Å². The molecule has 3 aromatic carbocycles. The Morgan fingerprint density at radius 2 is 1.67 bits per heavy atom. The van der Waals surface area contributed by atoms with Crippen molar-refractivity contribution in [3.8, 4) is 11.1 Å². The highest BCUT2D eigenvalue weighted by molar-refractivity contribution is 6.10. The molecule has 2 heterocycles. The molecule has 0 atom stereocenters. The topological polar surface area (TPSA) is 75.2 Å². The highest BCUT2D eigenvalue weighted by Gasteiger charge is 2.45. The molecule has 0 radical (unpaired) electrons. The number of amides is 2. The molecule has 1 aliphatic heterocycles. The lowest BCUT2D eigenvalue weighted by atomic mass is 9.81. The van der Waals surface area contributed by atoms with E-state index < -0.39 is 5.41 Å². The van der Waals surface area contributed by atoms with Crippen molar-refractivity contribution >= 4 is 23.2 Å². The van der Waals surface area contributed by atoms with Crippen LogP contribution in [-0.4, -0.2) is 21.8 Å². The maximum absolute atomic E-state index is 13.5.